The molecular formula is C32H38N2O10S2. The Hall–Kier alpha value is -3.53. The number of rotatable bonds is 11. The molecule has 12 nitrogen and oxygen atoms in total. The van der Waals surface area contributed by atoms with Gasteiger partial charge in [-0.3, -0.25) is 0 Å². The van der Waals surface area contributed by atoms with Crippen LogP contribution >= 0.6 is 0 Å². The molecule has 2 aliphatic heterocycles. The van der Waals surface area contributed by atoms with Crippen molar-refractivity contribution in [1.82, 2.24) is 9.62 Å². The fourth-order valence-electron chi connectivity index (χ4n) is 5.62. The third-order valence-corrected chi connectivity index (χ3v) is 11.2. The summed E-state index contributed by atoms with van der Waals surface area (Å²) in [4.78, 5) is 12.7. The molecule has 3 N–H and O–H groups in total. The number of alkyl carbamates (subject to hydrolysis) is 1. The van der Waals surface area contributed by atoms with E-state index in [-0.39, 0.29) is 61.1 Å². The Kier molecular flexibility index (Phi) is 10.3. The van der Waals surface area contributed by atoms with Crippen LogP contribution in [0.15, 0.2) is 82.6 Å². The molecule has 0 aliphatic carbocycles. The van der Waals surface area contributed by atoms with E-state index in [2.05, 4.69) is 5.32 Å². The van der Waals surface area contributed by atoms with Gasteiger partial charge < -0.3 is 29.7 Å². The molecule has 14 heteroatoms. The first-order valence-electron chi connectivity index (χ1n) is 14.9. The Labute approximate surface area is 268 Å². The molecule has 3 aromatic carbocycles. The summed E-state index contributed by atoms with van der Waals surface area (Å²) in [5, 5.41) is 22.2. The number of sulfonamides is 1. The number of carbonyl (C=O) groups excluding carboxylic acids is 1. The lowest BCUT2D eigenvalue weighted by Crippen LogP contribution is -2.47. The smallest absolute Gasteiger partial charge is 0.407 e. The zero-order valence-electron chi connectivity index (χ0n) is 25.4. The summed E-state index contributed by atoms with van der Waals surface area (Å²) in [5.41, 5.74) is 1.83. The Morgan fingerprint density at radius 3 is 2.37 bits per heavy atom. The molecule has 2 unspecified atom stereocenters. The van der Waals surface area contributed by atoms with Crippen LogP contribution in [0.5, 0.6) is 5.75 Å². The largest absolute Gasteiger partial charge is 0.491 e. The van der Waals surface area contributed by atoms with Gasteiger partial charge in [-0.1, -0.05) is 42.5 Å². The number of aliphatic hydroxyl groups is 2. The molecule has 248 valence electrons. The Morgan fingerprint density at radius 1 is 0.978 bits per heavy atom. The van der Waals surface area contributed by atoms with E-state index >= 15 is 0 Å². The number of hydrogen-bond donors (Lipinski definition) is 3. The number of benzene rings is 3. The average molecular weight is 675 g/mol. The molecular weight excluding hydrogens is 636 g/mol. The highest BCUT2D eigenvalue weighted by Gasteiger charge is 2.45. The molecule has 2 aliphatic rings. The van der Waals surface area contributed by atoms with Crippen LogP contribution < -0.4 is 10.1 Å². The number of nitrogens with one attached hydrogen (secondary N) is 1. The number of hydrogen-bond acceptors (Lipinski definition) is 10. The van der Waals surface area contributed by atoms with E-state index in [9.17, 15) is 31.8 Å². The summed E-state index contributed by atoms with van der Waals surface area (Å²) in [5.74, 6) is 0.261. The maximum atomic E-state index is 13.5. The third-order valence-electron chi connectivity index (χ3n) is 8.19. The van der Waals surface area contributed by atoms with Crippen molar-refractivity contribution < 1.29 is 46.1 Å². The summed E-state index contributed by atoms with van der Waals surface area (Å²) in [7, 11) is -7.15. The van der Waals surface area contributed by atoms with Crippen molar-refractivity contribution in [2.45, 2.75) is 53.4 Å². The fraction of sp³-hybridized carbons (Fsp3) is 0.406. The summed E-state index contributed by atoms with van der Waals surface area (Å²) in [6, 6.07) is 19.7. The van der Waals surface area contributed by atoms with E-state index < -0.39 is 37.7 Å². The molecule has 46 heavy (non-hydrogen) atoms. The highest BCUT2D eigenvalue weighted by atomic mass is 32.2. The number of nitrogens with zero attached hydrogens (tertiary/aromatic N) is 1. The lowest BCUT2D eigenvalue weighted by atomic mass is 9.88. The van der Waals surface area contributed by atoms with Gasteiger partial charge in [0.15, 0.2) is 9.84 Å². The number of sulfone groups is 1. The first-order chi connectivity index (χ1) is 21.9. The maximum Gasteiger partial charge on any atom is 0.407 e. The van der Waals surface area contributed by atoms with E-state index in [4.69, 9.17) is 14.2 Å². The molecule has 0 radical (unpaired) electrons. The quantitative estimate of drug-likeness (QED) is 0.275. The van der Waals surface area contributed by atoms with Crippen LogP contribution in [-0.4, -0.2) is 94.4 Å². The maximum absolute atomic E-state index is 13.5. The summed E-state index contributed by atoms with van der Waals surface area (Å²) >= 11 is 0. The van der Waals surface area contributed by atoms with Crippen molar-refractivity contribution in [2.24, 2.45) is 0 Å². The Morgan fingerprint density at radius 2 is 1.67 bits per heavy atom. The van der Waals surface area contributed by atoms with Crippen molar-refractivity contribution in [3.8, 4) is 16.9 Å². The van der Waals surface area contributed by atoms with E-state index in [1.807, 2.05) is 18.2 Å². The second-order valence-electron chi connectivity index (χ2n) is 11.6. The summed E-state index contributed by atoms with van der Waals surface area (Å²) in [6.45, 7) is 0.185. The third kappa shape index (κ3) is 8.24. The van der Waals surface area contributed by atoms with Crippen LogP contribution in [0.4, 0.5) is 4.79 Å². The molecule has 2 atom stereocenters. The summed E-state index contributed by atoms with van der Waals surface area (Å²) in [6.07, 6.45) is 0.655. The minimum absolute atomic E-state index is 0.0647. The fourth-order valence-corrected chi connectivity index (χ4v) is 7.77. The van der Waals surface area contributed by atoms with Gasteiger partial charge in [0, 0.05) is 19.3 Å². The van der Waals surface area contributed by atoms with Gasteiger partial charge in [0.2, 0.25) is 10.0 Å². The second kappa shape index (κ2) is 14.1. The molecule has 0 aromatic heterocycles. The van der Waals surface area contributed by atoms with E-state index in [1.165, 1.54) is 22.5 Å². The van der Waals surface area contributed by atoms with Crippen LogP contribution in [0.3, 0.4) is 0 Å². The highest BCUT2D eigenvalue weighted by molar-refractivity contribution is 7.90. The number of amides is 1. The van der Waals surface area contributed by atoms with Crippen molar-refractivity contribution in [3.63, 3.8) is 0 Å². The van der Waals surface area contributed by atoms with Gasteiger partial charge in [-0.25, -0.2) is 21.6 Å². The van der Waals surface area contributed by atoms with Gasteiger partial charge in [0.05, 0.1) is 34.6 Å². The molecule has 2 fully saturated rings. The van der Waals surface area contributed by atoms with Crippen LogP contribution in [0.2, 0.25) is 0 Å². The van der Waals surface area contributed by atoms with Gasteiger partial charge in [-0.15, -0.1) is 0 Å². The van der Waals surface area contributed by atoms with Crippen LogP contribution in [0.25, 0.3) is 11.1 Å². The standard InChI is InChI=1S/C32H38N2O10S2/c1-45(38,39)29-6-3-5-28(17-29)42-21-27(36)22-43-31(37)33-26-18-32(44-20-26)12-14-34(15-13-32)46(40,41)30-7-2-4-25(16-30)24-10-8-23(19-35)9-11-24/h2-11,16-17,26-27,35-36H,12-15,18-22H2,1H3,(H,33,37). The lowest BCUT2D eigenvalue weighted by Gasteiger charge is -2.38. The summed E-state index contributed by atoms with van der Waals surface area (Å²) < 4.78 is 68.6. The molecule has 0 saturated carbocycles. The zero-order valence-corrected chi connectivity index (χ0v) is 27.0. The normalized spacial score (nSPS) is 19.1. The average Bonchev–Trinajstić information content (AvgIpc) is 3.43. The van der Waals surface area contributed by atoms with Crippen LogP contribution in [0.1, 0.15) is 24.8 Å². The molecule has 2 heterocycles. The molecule has 1 spiro atoms. The molecule has 1 amide bonds. The first-order valence-corrected chi connectivity index (χ1v) is 18.2. The van der Waals surface area contributed by atoms with Crippen molar-refractivity contribution in [2.75, 3.05) is 39.2 Å². The van der Waals surface area contributed by atoms with Gasteiger partial charge in [-0.05, 0) is 66.3 Å². The topological polar surface area (TPSA) is 169 Å². The Bertz CT molecular complexity index is 1740. The Balaban J connectivity index is 1.07. The highest BCUT2D eigenvalue weighted by Crippen LogP contribution is 2.37. The minimum Gasteiger partial charge on any atom is -0.491 e. The van der Waals surface area contributed by atoms with Gasteiger partial charge in [0.1, 0.15) is 25.1 Å². The predicted octanol–water partition coefficient (Wildman–Crippen LogP) is 2.73. The van der Waals surface area contributed by atoms with Crippen molar-refractivity contribution in [3.05, 3.63) is 78.4 Å². The lowest BCUT2D eigenvalue weighted by molar-refractivity contribution is -0.0312. The minimum atomic E-state index is -3.74. The number of aliphatic hydroxyl groups excluding tert-OH is 2. The van der Waals surface area contributed by atoms with Crippen LogP contribution in [0, 0.1) is 0 Å². The molecule has 5 rings (SSSR count). The molecule has 3 aromatic rings. The predicted molar refractivity (Wildman–Crippen MR) is 168 cm³/mol. The van der Waals surface area contributed by atoms with Crippen molar-refractivity contribution in [1.29, 1.82) is 0 Å². The van der Waals surface area contributed by atoms with E-state index in [0.29, 0.717) is 19.3 Å². The van der Waals surface area contributed by atoms with Gasteiger partial charge >= 0.3 is 6.09 Å². The SMILES string of the molecule is CS(=O)(=O)c1cccc(OCC(O)COC(=O)NC2COC3(CCN(S(=O)(=O)c4cccc(-c5ccc(CO)cc5)c4)CC3)C2)c1. The van der Waals surface area contributed by atoms with E-state index in [0.717, 1.165) is 22.9 Å². The zero-order chi connectivity index (χ0) is 33.0. The first kappa shape index (κ1) is 33.8. The molecule has 2 saturated heterocycles. The number of piperidine rings is 1. The number of ether oxygens (including phenoxy) is 3. The van der Waals surface area contributed by atoms with Gasteiger partial charge in [-0.2, -0.15) is 4.31 Å². The van der Waals surface area contributed by atoms with Crippen molar-refractivity contribution >= 4 is 26.0 Å². The monoisotopic (exact) mass is 674 g/mol. The molecule has 0 bridgehead atoms. The number of carbonyl (C=O) groups is 1. The van der Waals surface area contributed by atoms with E-state index in [1.54, 1.807) is 36.4 Å². The second-order valence-corrected chi connectivity index (χ2v) is 15.6. The van der Waals surface area contributed by atoms with Gasteiger partial charge in [0.25, 0.3) is 0 Å². The van der Waals surface area contributed by atoms with Crippen LogP contribution in [-0.2, 0) is 35.9 Å².